The van der Waals surface area contributed by atoms with E-state index in [1.807, 2.05) is 12.1 Å². The lowest BCUT2D eigenvalue weighted by atomic mass is 10.0. The summed E-state index contributed by atoms with van der Waals surface area (Å²) in [6.07, 6.45) is 6.61. The highest BCUT2D eigenvalue weighted by Gasteiger charge is 2.41. The van der Waals surface area contributed by atoms with E-state index >= 15 is 0 Å². The first kappa shape index (κ1) is 22.5. The van der Waals surface area contributed by atoms with Gasteiger partial charge in [0.25, 0.3) is 11.5 Å². The van der Waals surface area contributed by atoms with Gasteiger partial charge in [-0.1, -0.05) is 43.4 Å². The van der Waals surface area contributed by atoms with Gasteiger partial charge in [-0.15, -0.1) is 0 Å². The van der Waals surface area contributed by atoms with Gasteiger partial charge in [0.05, 0.1) is 23.7 Å². The van der Waals surface area contributed by atoms with Gasteiger partial charge in [-0.25, -0.2) is 4.98 Å². The average molecular weight is 487 g/mol. The molecule has 3 saturated heterocycles. The van der Waals surface area contributed by atoms with Crippen LogP contribution in [-0.2, 0) is 14.3 Å². The van der Waals surface area contributed by atoms with Gasteiger partial charge in [0.2, 0.25) is 0 Å². The van der Waals surface area contributed by atoms with E-state index in [4.69, 9.17) is 26.7 Å². The third-order valence-corrected chi connectivity index (χ3v) is 7.65. The van der Waals surface area contributed by atoms with Crippen molar-refractivity contribution in [2.24, 2.45) is 0 Å². The molecule has 0 N–H and O–H groups in total. The second-order valence-corrected chi connectivity index (χ2v) is 10.0. The number of anilines is 1. The zero-order valence-corrected chi connectivity index (χ0v) is 20.1. The Labute approximate surface area is 201 Å². The SMILES string of the molecule is CCCCN1C(=O)/C(=C\c2c(N3CCC4(CC3)OCCO4)nc3ccccn3c2=O)SC1=S. The largest absolute Gasteiger partial charge is 0.355 e. The first-order valence-corrected chi connectivity index (χ1v) is 12.5. The van der Waals surface area contributed by atoms with Crippen LogP contribution in [0.25, 0.3) is 11.7 Å². The molecule has 0 unspecified atom stereocenters. The standard InChI is InChI=1S/C23H26N4O4S2/c1-2-3-9-27-21(29)17(33-22(27)32)15-16-19(24-18-6-4-5-10-26(18)20(16)28)25-11-7-23(8-12-25)30-13-14-31-23/h4-6,10,15H,2-3,7-9,11-14H2,1H3/b17-15+. The lowest BCUT2D eigenvalue weighted by Crippen LogP contribution is -2.46. The normalized spacial score (nSPS) is 21.8. The molecule has 10 heteroatoms. The maximum Gasteiger partial charge on any atom is 0.267 e. The Kier molecular flexibility index (Phi) is 6.26. The first-order valence-electron chi connectivity index (χ1n) is 11.3. The number of pyridine rings is 1. The van der Waals surface area contributed by atoms with E-state index in [1.165, 1.54) is 16.2 Å². The van der Waals surface area contributed by atoms with Crippen molar-refractivity contribution in [1.82, 2.24) is 14.3 Å². The molecule has 0 atom stereocenters. The molecule has 174 valence electrons. The van der Waals surface area contributed by atoms with Crippen LogP contribution in [0.5, 0.6) is 0 Å². The zero-order valence-electron chi connectivity index (χ0n) is 18.5. The Bertz CT molecular complexity index is 1180. The van der Waals surface area contributed by atoms with E-state index in [2.05, 4.69) is 11.8 Å². The predicted octanol–water partition coefficient (Wildman–Crippen LogP) is 3.04. The number of thioether (sulfide) groups is 1. The maximum absolute atomic E-state index is 13.5. The molecular formula is C23H26N4O4S2. The lowest BCUT2D eigenvalue weighted by Gasteiger charge is -2.38. The van der Waals surface area contributed by atoms with Crippen molar-refractivity contribution in [3.8, 4) is 0 Å². The molecule has 2 aromatic heterocycles. The van der Waals surface area contributed by atoms with Crippen LogP contribution in [0.2, 0.25) is 0 Å². The van der Waals surface area contributed by atoms with Crippen LogP contribution in [0, 0.1) is 0 Å². The van der Waals surface area contributed by atoms with Crippen LogP contribution in [0.3, 0.4) is 0 Å². The minimum atomic E-state index is -0.524. The van der Waals surface area contributed by atoms with E-state index in [1.54, 1.807) is 23.2 Å². The average Bonchev–Trinajstić information content (AvgIpc) is 3.39. The van der Waals surface area contributed by atoms with E-state index in [0.29, 0.717) is 71.9 Å². The summed E-state index contributed by atoms with van der Waals surface area (Å²) in [7, 11) is 0. The van der Waals surface area contributed by atoms with Crippen molar-refractivity contribution in [3.05, 3.63) is 45.2 Å². The quantitative estimate of drug-likeness (QED) is 0.472. The van der Waals surface area contributed by atoms with Gasteiger partial charge in [-0.3, -0.25) is 18.9 Å². The Hall–Kier alpha value is -2.27. The number of carbonyl (C=O) groups is 1. The molecule has 0 radical (unpaired) electrons. The Morgan fingerprint density at radius 1 is 1.21 bits per heavy atom. The summed E-state index contributed by atoms with van der Waals surface area (Å²) in [4.78, 5) is 35.5. The zero-order chi connectivity index (χ0) is 23.0. The fraction of sp³-hybridized carbons (Fsp3) is 0.478. The molecule has 3 fully saturated rings. The summed E-state index contributed by atoms with van der Waals surface area (Å²) in [6.45, 7) is 5.18. The molecule has 5 rings (SSSR count). The van der Waals surface area contributed by atoms with Crippen LogP contribution in [0.15, 0.2) is 34.1 Å². The summed E-state index contributed by atoms with van der Waals surface area (Å²) in [5.74, 6) is -0.0882. The van der Waals surface area contributed by atoms with Crippen molar-refractivity contribution in [3.63, 3.8) is 0 Å². The van der Waals surface area contributed by atoms with Crippen LogP contribution in [0.1, 0.15) is 38.2 Å². The third kappa shape index (κ3) is 4.21. The van der Waals surface area contributed by atoms with Gasteiger partial charge >= 0.3 is 0 Å². The summed E-state index contributed by atoms with van der Waals surface area (Å²) in [5, 5.41) is 0. The number of rotatable bonds is 5. The Balaban J connectivity index is 1.53. The molecule has 0 aromatic carbocycles. The summed E-state index contributed by atoms with van der Waals surface area (Å²) in [5.41, 5.74) is 0.765. The highest BCUT2D eigenvalue weighted by Crippen LogP contribution is 2.36. The minimum absolute atomic E-state index is 0.146. The van der Waals surface area contributed by atoms with Crippen LogP contribution >= 0.6 is 24.0 Å². The van der Waals surface area contributed by atoms with Crippen molar-refractivity contribution in [2.45, 2.75) is 38.4 Å². The number of amides is 1. The van der Waals surface area contributed by atoms with E-state index in [9.17, 15) is 9.59 Å². The molecule has 1 spiro atoms. The highest BCUT2D eigenvalue weighted by molar-refractivity contribution is 8.26. The topological polar surface area (TPSA) is 76.4 Å². The minimum Gasteiger partial charge on any atom is -0.355 e. The number of hydrogen-bond donors (Lipinski definition) is 0. The molecule has 0 aliphatic carbocycles. The van der Waals surface area contributed by atoms with Crippen molar-refractivity contribution in [2.75, 3.05) is 37.7 Å². The number of fused-ring (bicyclic) bond motifs is 1. The maximum atomic E-state index is 13.5. The second kappa shape index (κ2) is 9.17. The fourth-order valence-corrected chi connectivity index (χ4v) is 5.73. The molecule has 1 amide bonds. The molecule has 0 bridgehead atoms. The van der Waals surface area contributed by atoms with Gasteiger partial charge in [0, 0.05) is 38.7 Å². The molecule has 8 nitrogen and oxygen atoms in total. The third-order valence-electron chi connectivity index (χ3n) is 6.27. The number of hydrogen-bond acceptors (Lipinski definition) is 8. The smallest absolute Gasteiger partial charge is 0.267 e. The number of unbranched alkanes of at least 4 members (excludes halogenated alkanes) is 1. The summed E-state index contributed by atoms with van der Waals surface area (Å²) < 4.78 is 13.8. The van der Waals surface area contributed by atoms with Crippen molar-refractivity contribution >= 4 is 51.7 Å². The van der Waals surface area contributed by atoms with Crippen molar-refractivity contribution in [1.29, 1.82) is 0 Å². The van der Waals surface area contributed by atoms with Crippen LogP contribution < -0.4 is 10.5 Å². The molecule has 33 heavy (non-hydrogen) atoms. The lowest BCUT2D eigenvalue weighted by molar-refractivity contribution is -0.169. The number of carbonyl (C=O) groups excluding carboxylic acids is 1. The van der Waals surface area contributed by atoms with Crippen molar-refractivity contribution < 1.29 is 14.3 Å². The van der Waals surface area contributed by atoms with Gasteiger partial charge in [0.15, 0.2) is 5.79 Å². The molecule has 0 saturated carbocycles. The fourth-order valence-electron chi connectivity index (χ4n) is 4.44. The van der Waals surface area contributed by atoms with E-state index in [0.717, 1.165) is 12.8 Å². The Morgan fingerprint density at radius 3 is 2.70 bits per heavy atom. The predicted molar refractivity (Wildman–Crippen MR) is 132 cm³/mol. The number of aromatic nitrogens is 2. The molecule has 3 aliphatic heterocycles. The molecular weight excluding hydrogens is 460 g/mol. The van der Waals surface area contributed by atoms with Gasteiger partial charge in [0.1, 0.15) is 15.8 Å². The van der Waals surface area contributed by atoms with Gasteiger partial charge < -0.3 is 14.4 Å². The first-order chi connectivity index (χ1) is 16.0. The van der Waals surface area contributed by atoms with Crippen LogP contribution in [0.4, 0.5) is 5.82 Å². The molecule has 5 heterocycles. The van der Waals surface area contributed by atoms with Crippen LogP contribution in [-0.4, -0.2) is 63.1 Å². The van der Waals surface area contributed by atoms with E-state index < -0.39 is 5.79 Å². The molecule has 3 aliphatic rings. The molecule has 2 aromatic rings. The Morgan fingerprint density at radius 2 is 1.97 bits per heavy atom. The van der Waals surface area contributed by atoms with Gasteiger partial charge in [-0.2, -0.15) is 0 Å². The monoisotopic (exact) mass is 486 g/mol. The second-order valence-electron chi connectivity index (χ2n) is 8.36. The highest BCUT2D eigenvalue weighted by atomic mass is 32.2. The number of ether oxygens (including phenoxy) is 2. The number of thiocarbonyl (C=S) groups is 1. The van der Waals surface area contributed by atoms with Gasteiger partial charge in [-0.05, 0) is 24.6 Å². The van der Waals surface area contributed by atoms with E-state index in [-0.39, 0.29) is 11.5 Å². The summed E-state index contributed by atoms with van der Waals surface area (Å²) in [6, 6.07) is 5.46. The summed E-state index contributed by atoms with van der Waals surface area (Å²) >= 11 is 6.69. The number of nitrogens with zero attached hydrogens (tertiary/aromatic N) is 4. The number of piperidine rings is 1.